The molecule has 1 saturated carbocycles. The van der Waals surface area contributed by atoms with Crippen LogP contribution < -0.4 is 4.74 Å². The van der Waals surface area contributed by atoms with Crippen molar-refractivity contribution in [3.63, 3.8) is 0 Å². The molecule has 2 saturated heterocycles. The molecule has 6 rings (SSSR count). The number of piperidine rings is 2. The Morgan fingerprint density at radius 1 is 1.18 bits per heavy atom. The Balaban J connectivity index is 1.58. The number of carbonyl (C=O) groups is 1. The lowest BCUT2D eigenvalue weighted by molar-refractivity contribution is -0.142. The fraction of sp³-hybridized carbons (Fsp3) is 0.480. The van der Waals surface area contributed by atoms with Crippen molar-refractivity contribution in [3.05, 3.63) is 65.2 Å². The highest BCUT2D eigenvalue weighted by atomic mass is 16.5. The van der Waals surface area contributed by atoms with Crippen LogP contribution in [0.25, 0.3) is 0 Å². The summed E-state index contributed by atoms with van der Waals surface area (Å²) in [5, 5.41) is 0. The van der Waals surface area contributed by atoms with Gasteiger partial charge < -0.3 is 4.74 Å². The monoisotopic (exact) mass is 375 g/mol. The summed E-state index contributed by atoms with van der Waals surface area (Å²) in [6.07, 6.45) is 3.17. The average Bonchev–Trinajstić information content (AvgIpc) is 2.70. The second-order valence-corrected chi connectivity index (χ2v) is 9.20. The normalized spacial score (nSPS) is 33.4. The average molecular weight is 376 g/mol. The summed E-state index contributed by atoms with van der Waals surface area (Å²) in [4.78, 5) is 15.2. The van der Waals surface area contributed by atoms with E-state index in [1.807, 2.05) is 0 Å². The highest BCUT2D eigenvalue weighted by Gasteiger charge is 2.60. The first-order valence-corrected chi connectivity index (χ1v) is 10.5. The lowest BCUT2D eigenvalue weighted by Gasteiger charge is -2.64. The summed E-state index contributed by atoms with van der Waals surface area (Å²) in [7, 11) is 1.75. The smallest absolute Gasteiger partial charge is 0.134 e. The molecule has 0 spiro atoms. The van der Waals surface area contributed by atoms with Gasteiger partial charge in [-0.1, -0.05) is 43.3 Å². The third-order valence-corrected chi connectivity index (χ3v) is 7.83. The van der Waals surface area contributed by atoms with Gasteiger partial charge in [0.05, 0.1) is 7.11 Å². The highest BCUT2D eigenvalue weighted by Crippen LogP contribution is 2.58. The maximum absolute atomic E-state index is 12.5. The Hall–Kier alpha value is -2.13. The van der Waals surface area contributed by atoms with Crippen LogP contribution in [0, 0.1) is 11.8 Å². The zero-order chi connectivity index (χ0) is 19.5. The van der Waals surface area contributed by atoms with Crippen LogP contribution in [0.2, 0.25) is 0 Å². The zero-order valence-corrected chi connectivity index (χ0v) is 17.0. The number of fused-ring (bicyclic) bond motifs is 2. The van der Waals surface area contributed by atoms with Gasteiger partial charge in [0.1, 0.15) is 11.5 Å². The number of hydrogen-bond donors (Lipinski definition) is 0. The Morgan fingerprint density at radius 3 is 2.68 bits per heavy atom. The molecule has 28 heavy (non-hydrogen) atoms. The van der Waals surface area contributed by atoms with Crippen LogP contribution in [0.4, 0.5) is 0 Å². The third kappa shape index (κ3) is 2.56. The van der Waals surface area contributed by atoms with Crippen molar-refractivity contribution in [2.45, 2.75) is 57.2 Å². The number of carbonyl (C=O) groups excluding carboxylic acids is 1. The largest absolute Gasteiger partial charge is 0.497 e. The van der Waals surface area contributed by atoms with Crippen molar-refractivity contribution < 1.29 is 9.53 Å². The Morgan fingerprint density at radius 2 is 1.96 bits per heavy atom. The second-order valence-electron chi connectivity index (χ2n) is 9.20. The van der Waals surface area contributed by atoms with Gasteiger partial charge in [0, 0.05) is 24.5 Å². The van der Waals surface area contributed by atoms with Gasteiger partial charge in [-0.3, -0.25) is 9.69 Å². The Labute approximate surface area is 167 Å². The van der Waals surface area contributed by atoms with E-state index in [1.165, 1.54) is 16.7 Å². The van der Waals surface area contributed by atoms with E-state index in [-0.39, 0.29) is 11.3 Å². The van der Waals surface area contributed by atoms with E-state index in [9.17, 15) is 4.79 Å². The van der Waals surface area contributed by atoms with Gasteiger partial charge in [0.2, 0.25) is 0 Å². The molecule has 3 fully saturated rings. The first kappa shape index (κ1) is 17.9. The lowest BCUT2D eigenvalue weighted by Crippen LogP contribution is -2.69. The summed E-state index contributed by atoms with van der Waals surface area (Å²) in [6, 6.07) is 18.2. The van der Waals surface area contributed by atoms with Gasteiger partial charge in [0.25, 0.3) is 0 Å². The first-order chi connectivity index (χ1) is 13.5. The summed E-state index contributed by atoms with van der Waals surface area (Å²) in [5.74, 6) is 2.00. The molecule has 2 heterocycles. The van der Waals surface area contributed by atoms with Crippen LogP contribution in [-0.4, -0.2) is 29.9 Å². The van der Waals surface area contributed by atoms with Gasteiger partial charge in [-0.25, -0.2) is 0 Å². The predicted octanol–water partition coefficient (Wildman–Crippen LogP) is 4.38. The van der Waals surface area contributed by atoms with Gasteiger partial charge in [-0.2, -0.15) is 0 Å². The predicted molar refractivity (Wildman–Crippen MR) is 111 cm³/mol. The van der Waals surface area contributed by atoms with Crippen LogP contribution in [0.5, 0.6) is 5.75 Å². The molecule has 5 atom stereocenters. The number of Topliss-reactive ketones (excluding diaryl/α,β-unsaturated/α-hetero) is 1. The van der Waals surface area contributed by atoms with Crippen LogP contribution >= 0.6 is 0 Å². The molecule has 3 unspecified atom stereocenters. The number of methoxy groups -OCH3 is 1. The minimum Gasteiger partial charge on any atom is -0.497 e. The van der Waals surface area contributed by atoms with E-state index >= 15 is 0 Å². The highest BCUT2D eigenvalue weighted by molar-refractivity contribution is 5.79. The number of hydrogen-bond acceptors (Lipinski definition) is 3. The minimum absolute atomic E-state index is 0.136. The fourth-order valence-electron chi connectivity index (χ4n) is 6.48. The molecule has 0 N–H and O–H groups in total. The van der Waals surface area contributed by atoms with Crippen molar-refractivity contribution in [1.29, 1.82) is 0 Å². The van der Waals surface area contributed by atoms with Gasteiger partial charge in [0.15, 0.2) is 0 Å². The summed E-state index contributed by atoms with van der Waals surface area (Å²) < 4.78 is 5.54. The number of ether oxygens (including phenoxy) is 1. The SMILES string of the molecule is COc1ccc2c(c1)[C@]1(C)CC3[C@@H](C(C)=O)CC1C(C2)N3Cc1ccccc1. The molecule has 4 bridgehead atoms. The number of benzene rings is 2. The molecule has 2 aromatic rings. The minimum atomic E-state index is 0.136. The molecule has 0 radical (unpaired) electrons. The van der Waals surface area contributed by atoms with E-state index < -0.39 is 0 Å². The molecule has 2 aliphatic carbocycles. The summed E-state index contributed by atoms with van der Waals surface area (Å²) in [5.41, 5.74) is 4.40. The quantitative estimate of drug-likeness (QED) is 0.794. The molecule has 4 aliphatic rings. The van der Waals surface area contributed by atoms with Crippen LogP contribution in [0.3, 0.4) is 0 Å². The van der Waals surface area contributed by atoms with Crippen LogP contribution in [0.1, 0.15) is 43.4 Å². The number of nitrogens with zero attached hydrogens (tertiary/aromatic N) is 1. The fourth-order valence-corrected chi connectivity index (χ4v) is 6.48. The topological polar surface area (TPSA) is 29.5 Å². The van der Waals surface area contributed by atoms with Crippen molar-refractivity contribution in [2.24, 2.45) is 11.8 Å². The first-order valence-electron chi connectivity index (χ1n) is 10.5. The molecule has 0 aromatic heterocycles. The van der Waals surface area contributed by atoms with Gasteiger partial charge in [-0.05, 0) is 66.3 Å². The number of ketones is 1. The molecule has 2 aromatic carbocycles. The van der Waals surface area contributed by atoms with E-state index in [4.69, 9.17) is 4.74 Å². The maximum Gasteiger partial charge on any atom is 0.134 e. The third-order valence-electron chi connectivity index (χ3n) is 7.83. The van der Waals surface area contributed by atoms with Crippen LogP contribution in [-0.2, 0) is 23.2 Å². The van der Waals surface area contributed by atoms with E-state index in [1.54, 1.807) is 14.0 Å². The van der Waals surface area contributed by atoms with Crippen molar-refractivity contribution in [2.75, 3.05) is 7.11 Å². The molecular weight excluding hydrogens is 346 g/mol. The second kappa shape index (κ2) is 6.45. The van der Waals surface area contributed by atoms with Gasteiger partial charge in [-0.15, -0.1) is 0 Å². The lowest BCUT2D eigenvalue weighted by atomic mass is 9.49. The van der Waals surface area contributed by atoms with E-state index in [0.717, 1.165) is 31.6 Å². The molecule has 3 nitrogen and oxygen atoms in total. The summed E-state index contributed by atoms with van der Waals surface area (Å²) in [6.45, 7) is 5.17. The van der Waals surface area contributed by atoms with E-state index in [2.05, 4.69) is 60.4 Å². The standard InChI is InChI=1S/C25H29NO2/c1-16(27)20-13-22-23-11-18-9-10-19(28-3)12-21(18)25(22,2)14-24(20)26(23)15-17-7-5-4-6-8-17/h4-10,12,20,22-24H,11,13-15H2,1-3H3/t20-,22?,23?,24?,25+/m1/s1. The molecule has 3 heteroatoms. The zero-order valence-electron chi connectivity index (χ0n) is 17.0. The molecular formula is C25H29NO2. The number of rotatable bonds is 4. The van der Waals surface area contributed by atoms with Crippen molar-refractivity contribution in [3.8, 4) is 5.75 Å². The van der Waals surface area contributed by atoms with Crippen molar-refractivity contribution in [1.82, 2.24) is 4.90 Å². The van der Waals surface area contributed by atoms with Crippen molar-refractivity contribution >= 4 is 5.78 Å². The summed E-state index contributed by atoms with van der Waals surface area (Å²) >= 11 is 0. The molecule has 146 valence electrons. The Bertz CT molecular complexity index is 908. The maximum atomic E-state index is 12.5. The molecule has 0 amide bonds. The van der Waals surface area contributed by atoms with Gasteiger partial charge >= 0.3 is 0 Å². The molecule has 2 aliphatic heterocycles. The Kier molecular flexibility index (Phi) is 4.13. The van der Waals surface area contributed by atoms with Crippen LogP contribution in [0.15, 0.2) is 48.5 Å². The van der Waals surface area contributed by atoms with E-state index in [0.29, 0.717) is 23.8 Å².